The summed E-state index contributed by atoms with van der Waals surface area (Å²) in [5, 5.41) is 16.5. The lowest BCUT2D eigenvalue weighted by Gasteiger charge is -2.38. The minimum atomic E-state index is 0.0474. The van der Waals surface area contributed by atoms with Gasteiger partial charge in [0.05, 0.1) is 6.61 Å². The molecule has 1 fully saturated rings. The van der Waals surface area contributed by atoms with Gasteiger partial charge in [-0.05, 0) is 31.4 Å². The number of aliphatic hydroxyl groups is 1. The Labute approximate surface area is 101 Å². The molecule has 1 aromatic rings. The summed E-state index contributed by atoms with van der Waals surface area (Å²) in [4.78, 5) is 6.41. The summed E-state index contributed by atoms with van der Waals surface area (Å²) in [7, 11) is 0. The highest BCUT2D eigenvalue weighted by Crippen LogP contribution is 2.28. The van der Waals surface area contributed by atoms with Gasteiger partial charge in [-0.3, -0.25) is 5.41 Å². The fourth-order valence-electron chi connectivity index (χ4n) is 2.03. The topological polar surface area (TPSA) is 86.2 Å². The van der Waals surface area contributed by atoms with Crippen LogP contribution in [0, 0.1) is 5.41 Å². The van der Waals surface area contributed by atoms with Gasteiger partial charge in [0.15, 0.2) is 0 Å². The van der Waals surface area contributed by atoms with E-state index in [4.69, 9.17) is 16.2 Å². The van der Waals surface area contributed by atoms with E-state index in [1.165, 1.54) is 6.42 Å². The van der Waals surface area contributed by atoms with Crippen LogP contribution in [0.1, 0.15) is 24.8 Å². The minimum absolute atomic E-state index is 0.0474. The first-order chi connectivity index (χ1) is 8.22. The molecule has 5 heteroatoms. The van der Waals surface area contributed by atoms with Crippen LogP contribution in [0.25, 0.3) is 0 Å². The number of anilines is 1. The number of pyridine rings is 1. The zero-order valence-corrected chi connectivity index (χ0v) is 9.76. The maximum absolute atomic E-state index is 9.11. The number of amidine groups is 1. The lowest BCUT2D eigenvalue weighted by molar-refractivity contribution is 0.283. The highest BCUT2D eigenvalue weighted by atomic mass is 16.3. The molecule has 0 bridgehead atoms. The van der Waals surface area contributed by atoms with E-state index in [1.54, 1.807) is 12.3 Å². The summed E-state index contributed by atoms with van der Waals surface area (Å²) < 4.78 is 0. The third-order valence-electron chi connectivity index (χ3n) is 3.21. The highest BCUT2D eigenvalue weighted by Gasteiger charge is 2.25. The van der Waals surface area contributed by atoms with Crippen molar-refractivity contribution in [3.8, 4) is 0 Å². The molecule has 1 saturated carbocycles. The molecule has 1 aliphatic rings. The first-order valence-electron chi connectivity index (χ1n) is 5.90. The number of hydrogen-bond donors (Lipinski definition) is 3. The normalized spacial score (nSPS) is 15.4. The monoisotopic (exact) mass is 234 g/mol. The molecule has 1 aliphatic carbocycles. The van der Waals surface area contributed by atoms with Crippen LogP contribution < -0.4 is 10.6 Å². The van der Waals surface area contributed by atoms with Crippen molar-refractivity contribution in [1.82, 2.24) is 4.98 Å². The molecule has 5 nitrogen and oxygen atoms in total. The van der Waals surface area contributed by atoms with Gasteiger partial charge in [-0.25, -0.2) is 4.98 Å². The Bertz CT molecular complexity index is 403. The third-order valence-corrected chi connectivity index (χ3v) is 3.21. The average molecular weight is 234 g/mol. The molecule has 0 aliphatic heterocycles. The Balaban J connectivity index is 2.22. The molecular weight excluding hydrogens is 216 g/mol. The van der Waals surface area contributed by atoms with Gasteiger partial charge in [0.2, 0.25) is 0 Å². The molecule has 0 saturated heterocycles. The molecule has 1 aromatic heterocycles. The zero-order chi connectivity index (χ0) is 12.3. The van der Waals surface area contributed by atoms with Crippen molar-refractivity contribution in [2.24, 2.45) is 5.73 Å². The first kappa shape index (κ1) is 11.9. The molecule has 0 spiro atoms. The van der Waals surface area contributed by atoms with Gasteiger partial charge in [-0.1, -0.05) is 0 Å². The van der Waals surface area contributed by atoms with E-state index in [0.717, 1.165) is 18.7 Å². The maximum atomic E-state index is 9.11. The van der Waals surface area contributed by atoms with Gasteiger partial charge in [-0.2, -0.15) is 0 Å². The molecule has 0 atom stereocenters. The van der Waals surface area contributed by atoms with Gasteiger partial charge >= 0.3 is 0 Å². The van der Waals surface area contributed by atoms with Crippen molar-refractivity contribution in [2.45, 2.75) is 25.3 Å². The van der Waals surface area contributed by atoms with Gasteiger partial charge < -0.3 is 15.7 Å². The molecule has 0 unspecified atom stereocenters. The first-order valence-corrected chi connectivity index (χ1v) is 5.90. The number of rotatable bonds is 5. The number of aliphatic hydroxyl groups excluding tert-OH is 1. The fourth-order valence-corrected chi connectivity index (χ4v) is 2.03. The van der Waals surface area contributed by atoms with E-state index >= 15 is 0 Å². The molecule has 0 aromatic carbocycles. The molecular formula is C12H18N4O. The van der Waals surface area contributed by atoms with Crippen molar-refractivity contribution in [3.63, 3.8) is 0 Å². The quantitative estimate of drug-likeness (QED) is 0.517. The number of hydrogen-bond acceptors (Lipinski definition) is 4. The van der Waals surface area contributed by atoms with Gasteiger partial charge in [-0.15, -0.1) is 0 Å². The maximum Gasteiger partial charge on any atom is 0.129 e. The number of nitrogens with zero attached hydrogens (tertiary/aromatic N) is 2. The van der Waals surface area contributed by atoms with Crippen molar-refractivity contribution in [3.05, 3.63) is 23.9 Å². The number of nitrogens with two attached hydrogens (primary N) is 1. The Morgan fingerprint density at radius 2 is 2.35 bits per heavy atom. The van der Waals surface area contributed by atoms with Gasteiger partial charge in [0.1, 0.15) is 11.7 Å². The van der Waals surface area contributed by atoms with E-state index in [-0.39, 0.29) is 12.4 Å². The summed E-state index contributed by atoms with van der Waals surface area (Å²) in [5.41, 5.74) is 6.14. The van der Waals surface area contributed by atoms with Crippen LogP contribution >= 0.6 is 0 Å². The Hall–Kier alpha value is -1.62. The summed E-state index contributed by atoms with van der Waals surface area (Å²) in [6.45, 7) is 0.696. The highest BCUT2D eigenvalue weighted by molar-refractivity contribution is 5.95. The predicted octanol–water partition coefficient (Wildman–Crippen LogP) is 0.717. The predicted molar refractivity (Wildman–Crippen MR) is 67.3 cm³/mol. The second-order valence-electron chi connectivity index (χ2n) is 4.32. The second kappa shape index (κ2) is 5.14. The van der Waals surface area contributed by atoms with Crippen molar-refractivity contribution < 1.29 is 5.11 Å². The van der Waals surface area contributed by atoms with Crippen molar-refractivity contribution >= 4 is 11.7 Å². The van der Waals surface area contributed by atoms with Crippen molar-refractivity contribution in [1.29, 1.82) is 5.41 Å². The minimum Gasteiger partial charge on any atom is -0.395 e. The lowest BCUT2D eigenvalue weighted by atomic mass is 9.91. The molecule has 2 rings (SSSR count). The second-order valence-corrected chi connectivity index (χ2v) is 4.32. The summed E-state index contributed by atoms with van der Waals surface area (Å²) >= 11 is 0. The van der Waals surface area contributed by atoms with Gasteiger partial charge in [0.25, 0.3) is 0 Å². The van der Waals surface area contributed by atoms with Crippen molar-refractivity contribution in [2.75, 3.05) is 18.1 Å². The van der Waals surface area contributed by atoms with Crippen LogP contribution in [0.4, 0.5) is 5.82 Å². The molecule has 0 amide bonds. The van der Waals surface area contributed by atoms with E-state index in [0.29, 0.717) is 18.2 Å². The van der Waals surface area contributed by atoms with Crippen LogP contribution in [0.15, 0.2) is 18.3 Å². The van der Waals surface area contributed by atoms with Crippen LogP contribution in [0.3, 0.4) is 0 Å². The fraction of sp³-hybridized carbons (Fsp3) is 0.500. The average Bonchev–Trinajstić information content (AvgIpc) is 2.26. The summed E-state index contributed by atoms with van der Waals surface area (Å²) in [6.07, 6.45) is 5.19. The van der Waals surface area contributed by atoms with E-state index < -0.39 is 0 Å². The number of aromatic nitrogens is 1. The van der Waals surface area contributed by atoms with Crippen LogP contribution in [0.5, 0.6) is 0 Å². The smallest absolute Gasteiger partial charge is 0.129 e. The summed E-state index contributed by atoms with van der Waals surface area (Å²) in [6, 6.07) is 4.01. The van der Waals surface area contributed by atoms with Crippen LogP contribution in [-0.2, 0) is 0 Å². The molecule has 17 heavy (non-hydrogen) atoms. The third kappa shape index (κ3) is 2.55. The van der Waals surface area contributed by atoms with E-state index in [1.807, 2.05) is 6.07 Å². The Morgan fingerprint density at radius 3 is 2.88 bits per heavy atom. The van der Waals surface area contributed by atoms with Crippen LogP contribution in [0.2, 0.25) is 0 Å². The number of nitrogen functional groups attached to an aromatic ring is 1. The zero-order valence-electron chi connectivity index (χ0n) is 9.76. The van der Waals surface area contributed by atoms with Crippen LogP contribution in [-0.4, -0.2) is 35.1 Å². The SMILES string of the molecule is N=C(N)c1ccnc(N(CCO)C2CCC2)c1. The summed E-state index contributed by atoms with van der Waals surface area (Å²) in [5.74, 6) is 0.850. The standard InChI is InChI=1S/C12H18N4O/c13-12(14)9-4-5-15-11(8-9)16(6-7-17)10-2-1-3-10/h4-5,8,10,17H,1-3,6-7H2,(H3,13,14). The number of nitrogens with one attached hydrogen (secondary N) is 1. The van der Waals surface area contributed by atoms with Gasteiger partial charge in [0, 0.05) is 24.3 Å². The lowest BCUT2D eigenvalue weighted by Crippen LogP contribution is -2.42. The Morgan fingerprint density at radius 1 is 1.59 bits per heavy atom. The largest absolute Gasteiger partial charge is 0.395 e. The molecule has 0 radical (unpaired) electrons. The molecule has 92 valence electrons. The van der Waals surface area contributed by atoms with E-state index in [9.17, 15) is 0 Å². The molecule has 4 N–H and O–H groups in total. The Kier molecular flexibility index (Phi) is 3.58. The molecule has 1 heterocycles. The van der Waals surface area contributed by atoms with E-state index in [2.05, 4.69) is 9.88 Å².